The Kier molecular flexibility index (Phi) is 5.16. The van der Waals surface area contributed by atoms with Crippen molar-refractivity contribution in [3.63, 3.8) is 0 Å². The molecule has 26 heavy (non-hydrogen) atoms. The summed E-state index contributed by atoms with van der Waals surface area (Å²) in [7, 11) is 0. The summed E-state index contributed by atoms with van der Waals surface area (Å²) in [6.45, 7) is 1.41. The van der Waals surface area contributed by atoms with E-state index < -0.39 is 5.79 Å². The number of hydrogen-bond donors (Lipinski definition) is 1. The van der Waals surface area contributed by atoms with Crippen LogP contribution in [0.2, 0.25) is 0 Å². The van der Waals surface area contributed by atoms with Crippen molar-refractivity contribution in [1.82, 2.24) is 5.32 Å². The van der Waals surface area contributed by atoms with Gasteiger partial charge in [0.2, 0.25) is 5.79 Å². The first-order chi connectivity index (χ1) is 12.8. The molecule has 0 unspecified atom stereocenters. The summed E-state index contributed by atoms with van der Waals surface area (Å²) < 4.78 is 12.9. The molecule has 2 fully saturated rings. The Labute approximate surface area is 154 Å². The Morgan fingerprint density at radius 1 is 1.00 bits per heavy atom. The lowest BCUT2D eigenvalue weighted by molar-refractivity contribution is -0.280. The predicted octanol–water partition coefficient (Wildman–Crippen LogP) is 3.40. The Bertz CT molecular complexity index is 692. The lowest BCUT2D eigenvalue weighted by atomic mass is 9.93. The molecule has 2 heterocycles. The molecule has 0 radical (unpaired) electrons. The average Bonchev–Trinajstić information content (AvgIpc) is 2.69. The molecule has 136 valence electrons. The number of rotatable bonds is 4. The van der Waals surface area contributed by atoms with Crippen LogP contribution in [0.15, 0.2) is 60.7 Å². The Balaban J connectivity index is 1.61. The largest absolute Gasteiger partial charge is 0.342 e. The van der Waals surface area contributed by atoms with Gasteiger partial charge in [-0.05, 0) is 12.8 Å². The zero-order valence-electron chi connectivity index (χ0n) is 14.9. The first kappa shape index (κ1) is 17.4. The van der Waals surface area contributed by atoms with Gasteiger partial charge in [0.05, 0.1) is 12.7 Å². The summed E-state index contributed by atoms with van der Waals surface area (Å²) in [5, 5.41) is 3.46. The highest BCUT2D eigenvalue weighted by Crippen LogP contribution is 2.40. The normalized spacial score (nSPS) is 25.8. The van der Waals surface area contributed by atoms with Crippen molar-refractivity contribution in [2.24, 2.45) is 0 Å². The molecule has 0 amide bonds. The van der Waals surface area contributed by atoms with E-state index in [4.69, 9.17) is 9.47 Å². The number of nitrogens with one attached hydrogen (secondary N) is 1. The van der Waals surface area contributed by atoms with Crippen LogP contribution >= 0.6 is 0 Å². The zero-order chi connectivity index (χ0) is 17.8. The fourth-order valence-electron chi connectivity index (χ4n) is 3.96. The van der Waals surface area contributed by atoms with Gasteiger partial charge in [0.15, 0.2) is 0 Å². The van der Waals surface area contributed by atoms with Crippen LogP contribution in [-0.2, 0) is 20.1 Å². The second-order valence-electron chi connectivity index (χ2n) is 7.11. The molecular formula is C22H25NO3. The molecule has 2 atom stereocenters. The summed E-state index contributed by atoms with van der Waals surface area (Å²) in [5.41, 5.74) is 2.01. The molecule has 4 nitrogen and oxygen atoms in total. The topological polar surface area (TPSA) is 47.6 Å². The first-order valence-corrected chi connectivity index (χ1v) is 9.44. The molecule has 1 N–H and O–H groups in total. The van der Waals surface area contributed by atoms with Gasteiger partial charge in [0, 0.05) is 36.6 Å². The number of benzene rings is 2. The number of ketones is 1. The number of ether oxygens (including phenoxy) is 2. The van der Waals surface area contributed by atoms with Gasteiger partial charge in [-0.2, -0.15) is 0 Å². The van der Waals surface area contributed by atoms with E-state index >= 15 is 0 Å². The maximum atomic E-state index is 11.8. The van der Waals surface area contributed by atoms with Gasteiger partial charge in [0.25, 0.3) is 0 Å². The standard InChI is InChI=1S/C22H25NO3/c24-20-11-13-23-19(15-20)16-21-12-14-25-22(26-21,17-7-3-1-4-8-17)18-9-5-2-6-10-18/h1-10,19,21,23H,11-16H2/t19-,21-/m0/s1. The Morgan fingerprint density at radius 3 is 2.27 bits per heavy atom. The molecule has 0 bridgehead atoms. The smallest absolute Gasteiger partial charge is 0.222 e. The molecule has 4 rings (SSSR count). The third-order valence-corrected chi connectivity index (χ3v) is 5.24. The van der Waals surface area contributed by atoms with Crippen LogP contribution in [0.5, 0.6) is 0 Å². The Morgan fingerprint density at radius 2 is 1.65 bits per heavy atom. The minimum atomic E-state index is -0.885. The van der Waals surface area contributed by atoms with Gasteiger partial charge < -0.3 is 14.8 Å². The highest BCUT2D eigenvalue weighted by molar-refractivity contribution is 5.79. The number of Topliss-reactive ketones (excluding diaryl/α,β-unsaturated/α-hetero) is 1. The third kappa shape index (κ3) is 3.58. The van der Waals surface area contributed by atoms with Crippen molar-refractivity contribution in [1.29, 1.82) is 0 Å². The van der Waals surface area contributed by atoms with Gasteiger partial charge in [-0.25, -0.2) is 0 Å². The molecule has 2 aromatic rings. The lowest BCUT2D eigenvalue weighted by Crippen LogP contribution is -2.47. The van der Waals surface area contributed by atoms with E-state index in [1.54, 1.807) is 0 Å². The average molecular weight is 351 g/mol. The van der Waals surface area contributed by atoms with Crippen molar-refractivity contribution in [3.8, 4) is 0 Å². The molecule has 0 spiro atoms. The highest BCUT2D eigenvalue weighted by Gasteiger charge is 2.42. The lowest BCUT2D eigenvalue weighted by Gasteiger charge is -2.43. The van der Waals surface area contributed by atoms with Gasteiger partial charge in [-0.15, -0.1) is 0 Å². The van der Waals surface area contributed by atoms with Crippen molar-refractivity contribution in [2.45, 2.75) is 43.6 Å². The molecule has 0 aromatic heterocycles. The molecule has 2 saturated heterocycles. The zero-order valence-corrected chi connectivity index (χ0v) is 14.9. The van der Waals surface area contributed by atoms with Crippen LogP contribution in [0.1, 0.15) is 36.8 Å². The second kappa shape index (κ2) is 7.70. The monoisotopic (exact) mass is 351 g/mol. The summed E-state index contributed by atoms with van der Waals surface area (Å²) in [5.74, 6) is -0.539. The number of carbonyl (C=O) groups excluding carboxylic acids is 1. The fraction of sp³-hybridized carbons (Fsp3) is 0.409. The van der Waals surface area contributed by atoms with Crippen molar-refractivity contribution < 1.29 is 14.3 Å². The highest BCUT2D eigenvalue weighted by atomic mass is 16.7. The second-order valence-corrected chi connectivity index (χ2v) is 7.11. The van der Waals surface area contributed by atoms with Crippen molar-refractivity contribution >= 4 is 5.78 Å². The van der Waals surface area contributed by atoms with Crippen molar-refractivity contribution in [3.05, 3.63) is 71.8 Å². The van der Waals surface area contributed by atoms with E-state index in [1.165, 1.54) is 0 Å². The molecular weight excluding hydrogens is 326 g/mol. The van der Waals surface area contributed by atoms with Crippen LogP contribution in [0.4, 0.5) is 0 Å². The first-order valence-electron chi connectivity index (χ1n) is 9.44. The Hall–Kier alpha value is -2.01. The molecule has 0 aliphatic carbocycles. The van der Waals surface area contributed by atoms with Gasteiger partial charge >= 0.3 is 0 Å². The predicted molar refractivity (Wildman–Crippen MR) is 99.8 cm³/mol. The number of carbonyl (C=O) groups is 1. The van der Waals surface area contributed by atoms with E-state index in [0.717, 1.165) is 30.5 Å². The van der Waals surface area contributed by atoms with Crippen LogP contribution in [0.25, 0.3) is 0 Å². The van der Waals surface area contributed by atoms with E-state index in [2.05, 4.69) is 29.6 Å². The molecule has 2 aromatic carbocycles. The minimum Gasteiger partial charge on any atom is -0.342 e. The molecule has 4 heteroatoms. The van der Waals surface area contributed by atoms with Crippen LogP contribution < -0.4 is 5.32 Å². The van der Waals surface area contributed by atoms with Gasteiger partial charge in [-0.1, -0.05) is 60.7 Å². The van der Waals surface area contributed by atoms with E-state index in [9.17, 15) is 4.79 Å². The maximum Gasteiger partial charge on any atom is 0.222 e. The van der Waals surface area contributed by atoms with E-state index in [0.29, 0.717) is 25.2 Å². The quantitative estimate of drug-likeness (QED) is 0.917. The van der Waals surface area contributed by atoms with Crippen LogP contribution in [-0.4, -0.2) is 31.1 Å². The van der Waals surface area contributed by atoms with Gasteiger partial charge in [-0.3, -0.25) is 4.79 Å². The van der Waals surface area contributed by atoms with Crippen molar-refractivity contribution in [2.75, 3.05) is 13.2 Å². The molecule has 0 saturated carbocycles. The van der Waals surface area contributed by atoms with Gasteiger partial charge in [0.1, 0.15) is 5.78 Å². The van der Waals surface area contributed by atoms with Crippen LogP contribution in [0.3, 0.4) is 0 Å². The minimum absolute atomic E-state index is 0.0487. The summed E-state index contributed by atoms with van der Waals surface area (Å²) in [6, 6.07) is 20.5. The SMILES string of the molecule is O=C1CCN[C@H](C[C@@H]2CCOC(c3ccccc3)(c3ccccc3)O2)C1. The number of hydrogen-bond acceptors (Lipinski definition) is 4. The third-order valence-electron chi connectivity index (χ3n) is 5.24. The van der Waals surface area contributed by atoms with E-state index in [-0.39, 0.29) is 12.1 Å². The maximum absolute atomic E-state index is 11.8. The summed E-state index contributed by atoms with van der Waals surface area (Å²) >= 11 is 0. The molecule has 2 aliphatic heterocycles. The van der Waals surface area contributed by atoms with E-state index in [1.807, 2.05) is 36.4 Å². The number of piperidine rings is 1. The fourth-order valence-corrected chi connectivity index (χ4v) is 3.96. The molecule has 2 aliphatic rings. The summed E-state index contributed by atoms with van der Waals surface area (Å²) in [6.07, 6.45) is 2.96. The van der Waals surface area contributed by atoms with Crippen LogP contribution in [0, 0.1) is 0 Å². The summed E-state index contributed by atoms with van der Waals surface area (Å²) in [4.78, 5) is 11.8.